The molecule has 55 heavy (non-hydrogen) atoms. The van der Waals surface area contributed by atoms with Gasteiger partial charge in [-0.3, -0.25) is 24.0 Å². The summed E-state index contributed by atoms with van der Waals surface area (Å²) < 4.78 is 76.6. The monoisotopic (exact) mass is 791 g/mol. The molecule has 0 radical (unpaired) electrons. The van der Waals surface area contributed by atoms with Crippen LogP contribution in [0.15, 0.2) is 42.5 Å². The van der Waals surface area contributed by atoms with Crippen LogP contribution in [-0.2, 0) is 48.7 Å². The molecule has 2 saturated carbocycles. The van der Waals surface area contributed by atoms with Gasteiger partial charge in [0.05, 0.1) is 11.8 Å². The summed E-state index contributed by atoms with van der Waals surface area (Å²) in [5.74, 6) is -3.03. The number of sulfonamides is 1. The fourth-order valence-electron chi connectivity index (χ4n) is 7.60. The third-order valence-electron chi connectivity index (χ3n) is 10.9. The summed E-state index contributed by atoms with van der Waals surface area (Å²) in [6, 6.07) is 8.58. The van der Waals surface area contributed by atoms with Crippen molar-refractivity contribution >= 4 is 39.5 Å². The van der Waals surface area contributed by atoms with Crippen molar-refractivity contribution in [1.29, 1.82) is 0 Å². The smallest absolute Gasteiger partial charge is 0.444 e. The van der Waals surface area contributed by atoms with E-state index in [1.807, 2.05) is 32.0 Å². The van der Waals surface area contributed by atoms with Crippen LogP contribution < -0.4 is 20.1 Å². The van der Waals surface area contributed by atoms with E-state index < -0.39 is 80.3 Å². The van der Waals surface area contributed by atoms with Gasteiger partial charge < -0.3 is 25.0 Å². The highest BCUT2D eigenvalue weighted by Crippen LogP contribution is 2.47. The van der Waals surface area contributed by atoms with Crippen molar-refractivity contribution in [2.75, 3.05) is 11.9 Å². The summed E-state index contributed by atoms with van der Waals surface area (Å²) in [6.07, 6.45) is -4.31. The van der Waals surface area contributed by atoms with Crippen LogP contribution in [0.2, 0.25) is 0 Å². The molecule has 0 spiro atoms. The van der Waals surface area contributed by atoms with Gasteiger partial charge in [0.2, 0.25) is 21.8 Å². The molecule has 5 unspecified atom stereocenters. The molecule has 2 aliphatic carbocycles. The van der Waals surface area contributed by atoms with Gasteiger partial charge in [-0.15, -0.1) is 13.2 Å². The molecule has 2 aromatic carbocycles. The first-order chi connectivity index (χ1) is 25.7. The second-order valence-electron chi connectivity index (χ2n) is 16.0. The average molecular weight is 792 g/mol. The second kappa shape index (κ2) is 14.8. The van der Waals surface area contributed by atoms with Gasteiger partial charge in [-0.25, -0.2) is 13.2 Å². The first kappa shape index (κ1) is 40.1. The lowest BCUT2D eigenvalue weighted by Crippen LogP contribution is -2.58. The van der Waals surface area contributed by atoms with Gasteiger partial charge >= 0.3 is 12.5 Å². The van der Waals surface area contributed by atoms with Crippen molar-refractivity contribution in [3.05, 3.63) is 59.2 Å². The molecule has 6 rings (SSSR count). The highest BCUT2D eigenvalue weighted by Gasteiger charge is 2.62. The molecule has 300 valence electrons. The highest BCUT2D eigenvalue weighted by atomic mass is 32.2. The van der Waals surface area contributed by atoms with E-state index in [0.717, 1.165) is 35.2 Å². The van der Waals surface area contributed by atoms with Gasteiger partial charge in [-0.1, -0.05) is 65.3 Å². The normalized spacial score (nSPS) is 24.1. The molecule has 1 saturated heterocycles. The van der Waals surface area contributed by atoms with Crippen molar-refractivity contribution in [3.8, 4) is 5.75 Å². The number of nitrogens with one attached hydrogen (secondary N) is 3. The van der Waals surface area contributed by atoms with E-state index in [0.29, 0.717) is 32.4 Å². The van der Waals surface area contributed by atoms with E-state index in [9.17, 15) is 40.8 Å². The molecule has 13 nitrogen and oxygen atoms in total. The van der Waals surface area contributed by atoms with E-state index in [2.05, 4.69) is 20.1 Å². The Kier molecular flexibility index (Phi) is 10.8. The maximum atomic E-state index is 14.6. The standard InChI is InChI=1S/C38H48F3N5O8S/c1-6-22-10-8-11-23-19-45(21-29(22)23)35(50)53-27-17-30(32(47)43-37(18-24(37)7-2)34(49)44-55(51,52)28-14-15-28)46(20-27)33(48)31(36(3,4)5)42-25-12-9-13-26(16-25)54-38(39,40)41/h8-13,16,24,27-28,30-31,42H,6-7,14-15,17-21H2,1-5H3,(H,43,47)(H,44,49). The molecule has 3 N–H and O–H groups in total. The number of halogens is 3. The Balaban J connectivity index is 1.25. The minimum atomic E-state index is -4.94. The van der Waals surface area contributed by atoms with Crippen LogP contribution in [0.4, 0.5) is 23.7 Å². The van der Waals surface area contributed by atoms with E-state index >= 15 is 0 Å². The van der Waals surface area contributed by atoms with Crippen LogP contribution in [0.1, 0.15) is 83.4 Å². The number of alkyl halides is 3. The lowest BCUT2D eigenvalue weighted by atomic mass is 9.85. The van der Waals surface area contributed by atoms with Crippen LogP contribution >= 0.6 is 0 Å². The number of benzene rings is 2. The predicted octanol–water partition coefficient (Wildman–Crippen LogP) is 4.99. The minimum absolute atomic E-state index is 0.120. The summed E-state index contributed by atoms with van der Waals surface area (Å²) in [4.78, 5) is 58.8. The molecular formula is C38H48F3N5O8S. The zero-order valence-corrected chi connectivity index (χ0v) is 32.3. The van der Waals surface area contributed by atoms with Crippen molar-refractivity contribution in [1.82, 2.24) is 19.8 Å². The van der Waals surface area contributed by atoms with Gasteiger partial charge in [-0.05, 0) is 65.8 Å². The molecule has 4 aliphatic rings. The van der Waals surface area contributed by atoms with Gasteiger partial charge in [0.25, 0.3) is 5.91 Å². The molecule has 4 amide bonds. The zero-order chi connectivity index (χ0) is 40.1. The lowest BCUT2D eigenvalue weighted by molar-refractivity contribution is -0.274. The van der Waals surface area contributed by atoms with Crippen molar-refractivity contribution in [3.63, 3.8) is 0 Å². The molecule has 17 heteroatoms. The Morgan fingerprint density at radius 3 is 2.35 bits per heavy atom. The van der Waals surface area contributed by atoms with Crippen LogP contribution in [0, 0.1) is 11.3 Å². The molecule has 5 atom stereocenters. The number of hydrogen-bond donors (Lipinski definition) is 3. The summed E-state index contributed by atoms with van der Waals surface area (Å²) in [6.45, 7) is 9.55. The SMILES string of the molecule is CCc1cccc2c1CN(C(=O)OC1CC(C(=O)NC3(C(=O)NS(=O)(=O)C4CC4)CC3CC)N(C(=O)C(Nc3cccc(OC(F)(F)F)c3)C(C)(C)C)C1)C2. The van der Waals surface area contributed by atoms with Gasteiger partial charge in [0.1, 0.15) is 29.5 Å². The first-order valence-corrected chi connectivity index (χ1v) is 20.2. The predicted molar refractivity (Wildman–Crippen MR) is 195 cm³/mol. The van der Waals surface area contributed by atoms with E-state index in [1.165, 1.54) is 17.0 Å². The van der Waals surface area contributed by atoms with Crippen LogP contribution in [-0.4, -0.2) is 83.9 Å². The molecule has 2 aromatic rings. The van der Waals surface area contributed by atoms with Crippen LogP contribution in [0.3, 0.4) is 0 Å². The highest BCUT2D eigenvalue weighted by molar-refractivity contribution is 7.91. The maximum Gasteiger partial charge on any atom is 0.573 e. The number of rotatable bonds is 12. The largest absolute Gasteiger partial charge is 0.573 e. The second-order valence-corrected chi connectivity index (χ2v) is 17.9. The molecule has 0 bridgehead atoms. The average Bonchev–Trinajstić information content (AvgIpc) is 3.99. The van der Waals surface area contributed by atoms with Crippen molar-refractivity contribution < 1.29 is 50.2 Å². The summed E-state index contributed by atoms with van der Waals surface area (Å²) >= 11 is 0. The number of fused-ring (bicyclic) bond motifs is 1. The quantitative estimate of drug-likeness (QED) is 0.269. The van der Waals surface area contributed by atoms with E-state index in [-0.39, 0.29) is 31.0 Å². The Morgan fingerprint density at radius 1 is 1.02 bits per heavy atom. The molecular weight excluding hydrogens is 744 g/mol. The van der Waals surface area contributed by atoms with Crippen molar-refractivity contribution in [2.24, 2.45) is 11.3 Å². The fraction of sp³-hybridized carbons (Fsp3) is 0.579. The number of anilines is 1. The summed E-state index contributed by atoms with van der Waals surface area (Å²) in [5.41, 5.74) is 0.932. The molecule has 3 fully saturated rings. The maximum absolute atomic E-state index is 14.6. The number of amides is 4. The van der Waals surface area contributed by atoms with Gasteiger partial charge in [0, 0.05) is 31.3 Å². The number of ether oxygens (including phenoxy) is 2. The lowest BCUT2D eigenvalue weighted by Gasteiger charge is -2.36. The fourth-order valence-corrected chi connectivity index (χ4v) is 8.97. The number of likely N-dealkylation sites (tertiary alicyclic amines) is 1. The molecule has 0 aromatic heterocycles. The zero-order valence-electron chi connectivity index (χ0n) is 31.5. The first-order valence-electron chi connectivity index (χ1n) is 18.6. The Labute approximate surface area is 318 Å². The molecule has 2 heterocycles. The Bertz CT molecular complexity index is 1950. The van der Waals surface area contributed by atoms with Gasteiger partial charge in [0.15, 0.2) is 0 Å². The van der Waals surface area contributed by atoms with E-state index in [1.54, 1.807) is 25.7 Å². The number of aryl methyl sites for hydroxylation is 1. The van der Waals surface area contributed by atoms with Gasteiger partial charge in [-0.2, -0.15) is 0 Å². The minimum Gasteiger partial charge on any atom is -0.444 e. The number of nitrogens with zero attached hydrogens (tertiary/aromatic N) is 2. The summed E-state index contributed by atoms with van der Waals surface area (Å²) in [7, 11) is -3.92. The third-order valence-corrected chi connectivity index (χ3v) is 12.7. The number of carbonyl (C=O) groups excluding carboxylic acids is 4. The molecule has 2 aliphatic heterocycles. The number of hydrogen-bond acceptors (Lipinski definition) is 9. The Hall–Kier alpha value is -4.54. The number of carbonyl (C=O) groups is 4. The van der Waals surface area contributed by atoms with Crippen LogP contribution in [0.5, 0.6) is 5.75 Å². The summed E-state index contributed by atoms with van der Waals surface area (Å²) in [5, 5.41) is 5.14. The van der Waals surface area contributed by atoms with Crippen LogP contribution in [0.25, 0.3) is 0 Å². The van der Waals surface area contributed by atoms with E-state index in [4.69, 9.17) is 4.74 Å². The third kappa shape index (κ3) is 8.81. The Morgan fingerprint density at radius 2 is 1.73 bits per heavy atom. The van der Waals surface area contributed by atoms with Crippen molar-refractivity contribution in [2.45, 2.75) is 122 Å². The topological polar surface area (TPSA) is 163 Å².